The zero-order valence-corrected chi connectivity index (χ0v) is 16.4. The van der Waals surface area contributed by atoms with Crippen molar-refractivity contribution in [3.05, 3.63) is 41.8 Å². The van der Waals surface area contributed by atoms with E-state index in [2.05, 4.69) is 33.8 Å². The van der Waals surface area contributed by atoms with Gasteiger partial charge in [-0.2, -0.15) is 5.10 Å². The highest BCUT2D eigenvalue weighted by molar-refractivity contribution is 5.62. The maximum Gasteiger partial charge on any atom is 0.123 e. The lowest BCUT2D eigenvalue weighted by Crippen LogP contribution is -2.53. The van der Waals surface area contributed by atoms with E-state index >= 15 is 0 Å². The molecule has 0 spiro atoms. The van der Waals surface area contributed by atoms with Crippen molar-refractivity contribution >= 4 is 0 Å². The summed E-state index contributed by atoms with van der Waals surface area (Å²) in [5.74, 6) is 0.451. The highest BCUT2D eigenvalue weighted by Crippen LogP contribution is 2.24. The largest absolute Gasteiger partial charge is 0.396 e. The Bertz CT molecular complexity index is 718. The van der Waals surface area contributed by atoms with Crippen molar-refractivity contribution in [3.8, 4) is 11.3 Å². The molecule has 1 aliphatic heterocycles. The fraction of sp³-hybridized carbons (Fsp3) is 0.571. The molecule has 148 valence electrons. The van der Waals surface area contributed by atoms with Crippen LogP contribution in [0.25, 0.3) is 11.3 Å². The van der Waals surface area contributed by atoms with Crippen LogP contribution in [-0.4, -0.2) is 63.9 Å². The summed E-state index contributed by atoms with van der Waals surface area (Å²) in [6.07, 6.45) is 3.83. The second kappa shape index (κ2) is 9.44. The number of rotatable bonds is 8. The molecule has 2 heterocycles. The number of aromatic amines is 1. The maximum absolute atomic E-state index is 13.6. The van der Waals surface area contributed by atoms with E-state index in [0.717, 1.165) is 56.0 Å². The summed E-state index contributed by atoms with van der Waals surface area (Å²) in [5, 5.41) is 16.7. The number of piperazine rings is 1. The first-order valence-electron chi connectivity index (χ1n) is 9.92. The zero-order chi connectivity index (χ0) is 19.2. The second-order valence-corrected chi connectivity index (χ2v) is 7.90. The first kappa shape index (κ1) is 20.0. The van der Waals surface area contributed by atoms with E-state index in [9.17, 15) is 9.50 Å². The van der Waals surface area contributed by atoms with E-state index in [1.807, 2.05) is 12.3 Å². The minimum absolute atomic E-state index is 0.219. The number of halogens is 1. The number of aliphatic hydroxyl groups is 1. The predicted octanol–water partition coefficient (Wildman–Crippen LogP) is 3.13. The van der Waals surface area contributed by atoms with Crippen molar-refractivity contribution in [1.82, 2.24) is 20.0 Å². The maximum atomic E-state index is 13.6. The molecule has 0 bridgehead atoms. The van der Waals surface area contributed by atoms with Crippen molar-refractivity contribution in [2.75, 3.05) is 32.8 Å². The third kappa shape index (κ3) is 5.37. The molecule has 1 fully saturated rings. The lowest BCUT2D eigenvalue weighted by molar-refractivity contribution is 0.0525. The van der Waals surface area contributed by atoms with E-state index in [-0.39, 0.29) is 12.4 Å². The van der Waals surface area contributed by atoms with Crippen LogP contribution in [0.2, 0.25) is 0 Å². The van der Waals surface area contributed by atoms with E-state index in [1.54, 1.807) is 6.07 Å². The van der Waals surface area contributed by atoms with Gasteiger partial charge in [0.05, 0.1) is 11.9 Å². The molecule has 1 atom stereocenters. The first-order chi connectivity index (χ1) is 13.1. The molecule has 1 aliphatic rings. The molecular formula is C21H31FN4O. The highest BCUT2D eigenvalue weighted by Gasteiger charge is 2.27. The van der Waals surface area contributed by atoms with Crippen LogP contribution in [0.3, 0.4) is 0 Å². The molecule has 1 saturated heterocycles. The van der Waals surface area contributed by atoms with Gasteiger partial charge in [0.15, 0.2) is 0 Å². The quantitative estimate of drug-likeness (QED) is 0.745. The van der Waals surface area contributed by atoms with Gasteiger partial charge in [-0.05, 0) is 37.4 Å². The van der Waals surface area contributed by atoms with Crippen LogP contribution < -0.4 is 0 Å². The molecular weight excluding hydrogens is 343 g/mol. The van der Waals surface area contributed by atoms with Crippen molar-refractivity contribution in [2.45, 2.75) is 39.3 Å². The highest BCUT2D eigenvalue weighted by atomic mass is 19.1. The molecule has 2 N–H and O–H groups in total. The van der Waals surface area contributed by atoms with Gasteiger partial charge in [0, 0.05) is 50.0 Å². The van der Waals surface area contributed by atoms with Gasteiger partial charge in [0.2, 0.25) is 0 Å². The van der Waals surface area contributed by atoms with Crippen LogP contribution in [0, 0.1) is 11.7 Å². The van der Waals surface area contributed by atoms with Crippen LogP contribution in [0.5, 0.6) is 0 Å². The molecule has 0 saturated carbocycles. The summed E-state index contributed by atoms with van der Waals surface area (Å²) in [4.78, 5) is 4.94. The summed E-state index contributed by atoms with van der Waals surface area (Å²) in [7, 11) is 0. The van der Waals surface area contributed by atoms with Crippen LogP contribution in [-0.2, 0) is 6.54 Å². The number of aromatic nitrogens is 2. The second-order valence-electron chi connectivity index (χ2n) is 7.90. The number of hydrogen-bond acceptors (Lipinski definition) is 4. The summed E-state index contributed by atoms with van der Waals surface area (Å²) >= 11 is 0. The molecule has 3 rings (SSSR count). The summed E-state index contributed by atoms with van der Waals surface area (Å²) in [6.45, 7) is 9.55. The van der Waals surface area contributed by atoms with Gasteiger partial charge in [0.25, 0.3) is 0 Å². The Morgan fingerprint density at radius 1 is 1.33 bits per heavy atom. The van der Waals surface area contributed by atoms with Gasteiger partial charge in [-0.15, -0.1) is 0 Å². The fourth-order valence-corrected chi connectivity index (χ4v) is 3.81. The van der Waals surface area contributed by atoms with Crippen molar-refractivity contribution in [3.63, 3.8) is 0 Å². The van der Waals surface area contributed by atoms with Gasteiger partial charge in [0.1, 0.15) is 5.82 Å². The van der Waals surface area contributed by atoms with Crippen molar-refractivity contribution in [1.29, 1.82) is 0 Å². The lowest BCUT2D eigenvalue weighted by Gasteiger charge is -2.41. The number of aliphatic hydroxyl groups excluding tert-OH is 1. The number of nitrogens with one attached hydrogen (secondary N) is 1. The van der Waals surface area contributed by atoms with E-state index in [4.69, 9.17) is 0 Å². The van der Waals surface area contributed by atoms with Crippen molar-refractivity contribution in [2.24, 2.45) is 5.92 Å². The molecule has 1 unspecified atom stereocenters. The molecule has 6 heteroatoms. The van der Waals surface area contributed by atoms with E-state index in [1.165, 1.54) is 18.6 Å². The van der Waals surface area contributed by atoms with E-state index in [0.29, 0.717) is 12.0 Å². The number of hydrogen-bond donors (Lipinski definition) is 2. The zero-order valence-electron chi connectivity index (χ0n) is 16.4. The van der Waals surface area contributed by atoms with Crippen LogP contribution in [0.4, 0.5) is 4.39 Å². The number of benzene rings is 1. The third-order valence-corrected chi connectivity index (χ3v) is 5.37. The number of nitrogens with zero attached hydrogens (tertiary/aromatic N) is 3. The third-order valence-electron chi connectivity index (χ3n) is 5.37. The Morgan fingerprint density at radius 3 is 2.93 bits per heavy atom. The molecule has 5 nitrogen and oxygen atoms in total. The number of H-pyrrole nitrogens is 1. The predicted molar refractivity (Wildman–Crippen MR) is 106 cm³/mol. The molecule has 1 aromatic carbocycles. The SMILES string of the molecule is CC(C)CCN1CCN(Cc2cn[nH]c2-c2cccc(F)c2)CC1CCO. The Kier molecular flexibility index (Phi) is 6.99. The van der Waals surface area contributed by atoms with Gasteiger partial charge in [-0.25, -0.2) is 4.39 Å². The van der Waals surface area contributed by atoms with E-state index < -0.39 is 0 Å². The minimum Gasteiger partial charge on any atom is -0.396 e. The summed E-state index contributed by atoms with van der Waals surface area (Å²) < 4.78 is 13.6. The average Bonchev–Trinajstić information content (AvgIpc) is 3.09. The van der Waals surface area contributed by atoms with Crippen LogP contribution in [0.15, 0.2) is 30.5 Å². The van der Waals surface area contributed by atoms with Crippen LogP contribution >= 0.6 is 0 Å². The Hall–Kier alpha value is -1.76. The molecule has 0 aliphatic carbocycles. The minimum atomic E-state index is -0.241. The molecule has 27 heavy (non-hydrogen) atoms. The monoisotopic (exact) mass is 374 g/mol. The molecule has 0 radical (unpaired) electrons. The standard InChI is InChI=1S/C21H31FN4O/c1-16(2)6-8-26-10-9-25(15-20(26)7-11-27)14-18-13-23-24-21(18)17-4-3-5-19(22)12-17/h3-5,12-13,16,20,27H,6-11,14-15H2,1-2H3,(H,23,24). The Balaban J connectivity index is 1.66. The van der Waals surface area contributed by atoms with Gasteiger partial charge in [-0.3, -0.25) is 14.9 Å². The lowest BCUT2D eigenvalue weighted by atomic mass is 10.0. The Morgan fingerprint density at radius 2 is 2.19 bits per heavy atom. The first-order valence-corrected chi connectivity index (χ1v) is 9.92. The summed E-state index contributed by atoms with van der Waals surface area (Å²) in [6, 6.07) is 7.00. The van der Waals surface area contributed by atoms with Crippen molar-refractivity contribution < 1.29 is 9.50 Å². The van der Waals surface area contributed by atoms with Gasteiger partial charge < -0.3 is 5.11 Å². The average molecular weight is 375 g/mol. The topological polar surface area (TPSA) is 55.4 Å². The Labute approximate surface area is 161 Å². The molecule has 2 aromatic rings. The smallest absolute Gasteiger partial charge is 0.123 e. The van der Waals surface area contributed by atoms with Crippen LogP contribution in [0.1, 0.15) is 32.3 Å². The van der Waals surface area contributed by atoms with Gasteiger partial charge >= 0.3 is 0 Å². The normalized spacial score (nSPS) is 19.1. The molecule has 1 aromatic heterocycles. The van der Waals surface area contributed by atoms with Gasteiger partial charge in [-0.1, -0.05) is 26.0 Å². The fourth-order valence-electron chi connectivity index (χ4n) is 3.81. The molecule has 0 amide bonds. The summed E-state index contributed by atoms with van der Waals surface area (Å²) in [5.41, 5.74) is 2.79.